The van der Waals surface area contributed by atoms with Gasteiger partial charge in [0, 0.05) is 49.4 Å². The Bertz CT molecular complexity index is 2180. The molecule has 1 saturated carbocycles. The highest BCUT2D eigenvalue weighted by Gasteiger charge is 2.44. The zero-order valence-electron chi connectivity index (χ0n) is 29.6. The smallest absolute Gasteiger partial charge is 0.286 e. The lowest BCUT2D eigenvalue weighted by molar-refractivity contribution is 0.0124. The molecule has 1 amide bonds. The fourth-order valence-corrected chi connectivity index (χ4v) is 10.7. The van der Waals surface area contributed by atoms with Gasteiger partial charge in [0.15, 0.2) is 11.5 Å². The first-order valence-electron chi connectivity index (χ1n) is 17.9. The number of hydrogen-bond acceptors (Lipinski definition) is 9. The largest absolute Gasteiger partial charge is 0.490 e. The van der Waals surface area contributed by atoms with Gasteiger partial charge in [0.2, 0.25) is 0 Å². The monoisotopic (exact) mass is 745 g/mol. The first-order chi connectivity index (χ1) is 25.0. The summed E-state index contributed by atoms with van der Waals surface area (Å²) in [6.45, 7) is 3.72. The van der Waals surface area contributed by atoms with E-state index in [2.05, 4.69) is 41.2 Å². The van der Waals surface area contributed by atoms with E-state index in [1.807, 2.05) is 24.3 Å². The van der Waals surface area contributed by atoms with Crippen LogP contribution in [0.15, 0.2) is 65.4 Å². The lowest BCUT2D eigenvalue weighted by Gasteiger charge is -2.46. The SMILES string of the molecule is CO[C@H]1/C=C\[C@H](O)[C@H](C)CS(=O)(Nc2ncnc3nn(C)cc23)=NC(=O)c2ccc3c(c2)N(C[C@@H]2CC[C@H]21)C[C@@]1(CCCc2cc(Cl)ccc21)CO3. The third-order valence-corrected chi connectivity index (χ3v) is 13.6. The van der Waals surface area contributed by atoms with E-state index in [1.54, 1.807) is 44.1 Å². The Morgan fingerprint density at radius 2 is 2.02 bits per heavy atom. The average molecular weight is 746 g/mol. The summed E-state index contributed by atoms with van der Waals surface area (Å²) in [7, 11) is -0.0794. The molecule has 4 aromatic rings. The van der Waals surface area contributed by atoms with Crippen LogP contribution in [0.5, 0.6) is 5.75 Å². The second kappa shape index (κ2) is 13.7. The van der Waals surface area contributed by atoms with Gasteiger partial charge in [0.1, 0.15) is 22.0 Å². The number of methoxy groups -OCH3 is 1. The van der Waals surface area contributed by atoms with Crippen LogP contribution in [-0.2, 0) is 33.5 Å². The number of nitrogens with one attached hydrogen (secondary N) is 1. The molecule has 2 aromatic heterocycles. The summed E-state index contributed by atoms with van der Waals surface area (Å²) in [5.41, 5.74) is 3.76. The summed E-state index contributed by atoms with van der Waals surface area (Å²) in [6.07, 6.45) is 10.5. The molecule has 12 nitrogen and oxygen atoms in total. The van der Waals surface area contributed by atoms with Gasteiger partial charge in [0.25, 0.3) is 5.91 Å². The quantitative estimate of drug-likeness (QED) is 0.251. The van der Waals surface area contributed by atoms with Gasteiger partial charge in [-0.25, -0.2) is 14.2 Å². The molecule has 2 bridgehead atoms. The highest BCUT2D eigenvalue weighted by Crippen LogP contribution is 2.47. The van der Waals surface area contributed by atoms with Crippen molar-refractivity contribution < 1.29 is 23.6 Å². The van der Waals surface area contributed by atoms with Crippen LogP contribution in [0.2, 0.25) is 5.02 Å². The molecule has 1 unspecified atom stereocenters. The number of benzene rings is 2. The molecule has 0 radical (unpaired) electrons. The summed E-state index contributed by atoms with van der Waals surface area (Å²) < 4.78 is 36.5. The maximum Gasteiger partial charge on any atom is 0.286 e. The summed E-state index contributed by atoms with van der Waals surface area (Å²) in [4.78, 5) is 25.1. The average Bonchev–Trinajstić information content (AvgIpc) is 3.43. The zero-order chi connectivity index (χ0) is 36.2. The number of aliphatic hydroxyl groups excluding tert-OH is 1. The second-order valence-electron chi connectivity index (χ2n) is 14.9. The molecule has 2 aliphatic heterocycles. The molecule has 2 N–H and O–H groups in total. The maximum absolute atomic E-state index is 14.8. The Kier molecular flexibility index (Phi) is 9.25. The summed E-state index contributed by atoms with van der Waals surface area (Å²) >= 11 is 6.46. The van der Waals surface area contributed by atoms with Crippen LogP contribution in [0.25, 0.3) is 11.0 Å². The Balaban J connectivity index is 1.24. The number of carbonyl (C=O) groups excluding carboxylic acids is 1. The third-order valence-electron chi connectivity index (χ3n) is 11.4. The van der Waals surface area contributed by atoms with Crippen molar-refractivity contribution in [2.24, 2.45) is 29.2 Å². The molecule has 14 heteroatoms. The van der Waals surface area contributed by atoms with Crippen molar-refractivity contribution in [3.05, 3.63) is 82.8 Å². The highest BCUT2D eigenvalue weighted by molar-refractivity contribution is 7.95. The number of anilines is 2. The molecule has 7 atom stereocenters. The van der Waals surface area contributed by atoms with Crippen molar-refractivity contribution in [1.29, 1.82) is 0 Å². The number of aryl methyl sites for hydroxylation is 2. The normalized spacial score (nSPS) is 31.1. The van der Waals surface area contributed by atoms with Gasteiger partial charge in [-0.2, -0.15) is 5.10 Å². The number of halogens is 1. The first-order valence-corrected chi connectivity index (χ1v) is 20.0. The van der Waals surface area contributed by atoms with Crippen molar-refractivity contribution in [3.63, 3.8) is 0 Å². The van der Waals surface area contributed by atoms with E-state index in [-0.39, 0.29) is 29.0 Å². The van der Waals surface area contributed by atoms with Crippen LogP contribution in [0.4, 0.5) is 11.5 Å². The second-order valence-corrected chi connectivity index (χ2v) is 17.3. The molecule has 8 rings (SSSR count). The number of carbonyl (C=O) groups is 1. The number of fused-ring (bicyclic) bond motifs is 5. The van der Waals surface area contributed by atoms with Crippen molar-refractivity contribution in [2.45, 2.75) is 56.7 Å². The van der Waals surface area contributed by atoms with Gasteiger partial charge in [-0.05, 0) is 91.3 Å². The minimum absolute atomic E-state index is 0.133. The summed E-state index contributed by atoms with van der Waals surface area (Å²) in [5.74, 6) is 0.181. The molecule has 4 heterocycles. The molecule has 1 fully saturated rings. The van der Waals surface area contributed by atoms with Crippen LogP contribution in [0.1, 0.15) is 54.1 Å². The van der Waals surface area contributed by atoms with Crippen LogP contribution >= 0.6 is 11.6 Å². The van der Waals surface area contributed by atoms with E-state index < -0.39 is 27.8 Å². The van der Waals surface area contributed by atoms with Gasteiger partial charge >= 0.3 is 0 Å². The Hall–Kier alpha value is -4.04. The van der Waals surface area contributed by atoms with Crippen LogP contribution in [-0.4, -0.2) is 79.7 Å². The topological polar surface area (TPSA) is 144 Å². The van der Waals surface area contributed by atoms with Gasteiger partial charge in [0.05, 0.1) is 35.6 Å². The van der Waals surface area contributed by atoms with Crippen LogP contribution in [0.3, 0.4) is 0 Å². The fraction of sp³-hybridized carbons (Fsp3) is 0.474. The number of aliphatic hydroxyl groups is 1. The third kappa shape index (κ3) is 6.56. The lowest BCUT2D eigenvalue weighted by atomic mass is 9.68. The molecule has 1 spiro atoms. The van der Waals surface area contributed by atoms with Crippen molar-refractivity contribution in [2.75, 3.05) is 42.2 Å². The molecular weight excluding hydrogens is 702 g/mol. The standard InChI is InChI=1S/C38H44ClN7O5S/c1-23-19-52(49,43-36-29-18-45(2)42-35(29)40-22-41-36)44-37(48)25-7-12-34-31(16-25)46(17-26-6-9-28(26)33(50-3)13-11-32(23)47)20-38(21-51-34)14-4-5-24-15-27(39)8-10-30(24)38/h7-8,10-13,15-16,18,22-23,26,28,32-33,47H,4-6,9,14,17,19-21H2,1-3H3,(H,40,41,42,43,44,48,49)/b13-11-/t23-,26+,28-,32+,33+,38+,52?/m1/s1. The zero-order valence-corrected chi connectivity index (χ0v) is 31.1. The highest BCUT2D eigenvalue weighted by atomic mass is 35.5. The van der Waals surface area contributed by atoms with Gasteiger partial charge < -0.3 is 19.5 Å². The minimum atomic E-state index is -3.54. The van der Waals surface area contributed by atoms with Crippen LogP contribution < -0.4 is 14.4 Å². The Morgan fingerprint density at radius 3 is 2.83 bits per heavy atom. The van der Waals surface area contributed by atoms with Crippen molar-refractivity contribution in [3.8, 4) is 5.75 Å². The molecule has 0 saturated heterocycles. The number of aromatic nitrogens is 4. The molecule has 2 aliphatic carbocycles. The maximum atomic E-state index is 14.8. The van der Waals surface area contributed by atoms with E-state index in [9.17, 15) is 14.1 Å². The number of ether oxygens (including phenoxy) is 2. The van der Waals surface area contributed by atoms with Gasteiger partial charge in [-0.3, -0.25) is 14.2 Å². The van der Waals surface area contributed by atoms with E-state index in [4.69, 9.17) is 21.1 Å². The number of nitrogens with zero attached hydrogens (tertiary/aromatic N) is 6. The van der Waals surface area contributed by atoms with E-state index in [0.717, 1.165) is 49.4 Å². The minimum Gasteiger partial charge on any atom is -0.490 e. The van der Waals surface area contributed by atoms with E-state index in [1.165, 1.54) is 17.5 Å². The Morgan fingerprint density at radius 1 is 1.15 bits per heavy atom. The predicted octanol–water partition coefficient (Wildman–Crippen LogP) is 5.73. The Labute approximate surface area is 308 Å². The van der Waals surface area contributed by atoms with E-state index >= 15 is 0 Å². The molecule has 4 aliphatic rings. The van der Waals surface area contributed by atoms with Crippen molar-refractivity contribution >= 4 is 50.0 Å². The molecule has 274 valence electrons. The molecule has 52 heavy (non-hydrogen) atoms. The van der Waals surface area contributed by atoms with Gasteiger partial charge in [-0.15, -0.1) is 4.36 Å². The molecular formula is C38H44ClN7O5S. The van der Waals surface area contributed by atoms with Gasteiger partial charge in [-0.1, -0.05) is 36.7 Å². The molecule has 2 aromatic carbocycles. The fourth-order valence-electron chi connectivity index (χ4n) is 8.52. The van der Waals surface area contributed by atoms with Crippen molar-refractivity contribution in [1.82, 2.24) is 19.7 Å². The summed E-state index contributed by atoms with van der Waals surface area (Å²) in [5, 5.41) is 16.9. The number of rotatable bonds is 3. The predicted molar refractivity (Wildman–Crippen MR) is 201 cm³/mol. The first kappa shape index (κ1) is 35.0. The lowest BCUT2D eigenvalue weighted by Crippen LogP contribution is -2.49. The van der Waals surface area contributed by atoms with Crippen LogP contribution in [0, 0.1) is 17.8 Å². The number of hydrogen-bond donors (Lipinski definition) is 2. The number of amides is 1. The summed E-state index contributed by atoms with van der Waals surface area (Å²) in [6, 6.07) is 11.6. The van der Waals surface area contributed by atoms with E-state index in [0.29, 0.717) is 41.4 Å².